The van der Waals surface area contributed by atoms with Crippen molar-refractivity contribution in [1.29, 1.82) is 0 Å². The average molecular weight is 467 g/mol. The van der Waals surface area contributed by atoms with Gasteiger partial charge in [-0.25, -0.2) is 4.68 Å². The number of carbonyl (C=O) groups is 2. The highest BCUT2D eigenvalue weighted by Gasteiger charge is 2.30. The number of aromatic amines is 1. The molecule has 10 heteroatoms. The van der Waals surface area contributed by atoms with Crippen molar-refractivity contribution >= 4 is 28.4 Å². The average Bonchev–Trinajstić information content (AvgIpc) is 3.54. The van der Waals surface area contributed by atoms with Crippen molar-refractivity contribution in [3.05, 3.63) is 66.6 Å². The summed E-state index contributed by atoms with van der Waals surface area (Å²) >= 11 is 0. The number of aromatic nitrogens is 3. The van der Waals surface area contributed by atoms with Gasteiger partial charge >= 0.3 is 6.18 Å². The highest BCUT2D eigenvalue weighted by molar-refractivity contribution is 6.04. The van der Waals surface area contributed by atoms with Gasteiger partial charge in [-0.3, -0.25) is 9.59 Å². The van der Waals surface area contributed by atoms with Crippen LogP contribution >= 0.6 is 0 Å². The van der Waals surface area contributed by atoms with Gasteiger partial charge in [0.05, 0.1) is 29.7 Å². The van der Waals surface area contributed by atoms with Crippen LogP contribution in [-0.4, -0.2) is 44.6 Å². The summed E-state index contributed by atoms with van der Waals surface area (Å²) in [6.45, 7) is 0.609. The SMILES string of the molecule is O=C(CN1CCCC1=O)Nc1c[nH]c2ccc(-c3cnn(-c4ccc(C(F)(F)F)cc4)c3)cc12. The van der Waals surface area contributed by atoms with Crippen LogP contribution in [-0.2, 0) is 15.8 Å². The lowest BCUT2D eigenvalue weighted by Crippen LogP contribution is -2.33. The lowest BCUT2D eigenvalue weighted by Gasteiger charge is -2.14. The summed E-state index contributed by atoms with van der Waals surface area (Å²) in [5, 5.41) is 7.93. The zero-order valence-corrected chi connectivity index (χ0v) is 17.9. The van der Waals surface area contributed by atoms with Crippen LogP contribution in [0.1, 0.15) is 18.4 Å². The maximum absolute atomic E-state index is 12.8. The molecule has 4 aromatic rings. The number of hydrogen-bond acceptors (Lipinski definition) is 3. The van der Waals surface area contributed by atoms with Crippen LogP contribution in [0.5, 0.6) is 0 Å². The number of alkyl halides is 3. The Labute approximate surface area is 192 Å². The number of likely N-dealkylation sites (tertiary alicyclic amines) is 1. The van der Waals surface area contributed by atoms with E-state index in [0.29, 0.717) is 24.3 Å². The number of anilines is 1. The number of rotatable bonds is 5. The number of halogens is 3. The molecule has 1 aliphatic rings. The first-order chi connectivity index (χ1) is 16.3. The number of nitrogens with zero attached hydrogens (tertiary/aromatic N) is 3. The summed E-state index contributed by atoms with van der Waals surface area (Å²) in [5.41, 5.74) is 2.81. The van der Waals surface area contributed by atoms with Crippen molar-refractivity contribution in [2.45, 2.75) is 19.0 Å². The van der Waals surface area contributed by atoms with Gasteiger partial charge in [-0.05, 0) is 48.4 Å². The molecule has 0 saturated carbocycles. The first-order valence-corrected chi connectivity index (χ1v) is 10.7. The Morgan fingerprint density at radius 3 is 2.62 bits per heavy atom. The van der Waals surface area contributed by atoms with E-state index >= 15 is 0 Å². The van der Waals surface area contributed by atoms with Gasteiger partial charge < -0.3 is 15.2 Å². The molecule has 0 radical (unpaired) electrons. The highest BCUT2D eigenvalue weighted by Crippen LogP contribution is 2.31. The Kier molecular flexibility index (Phi) is 5.35. The fourth-order valence-electron chi connectivity index (χ4n) is 4.05. The molecule has 2 N–H and O–H groups in total. The molecule has 0 bridgehead atoms. The topological polar surface area (TPSA) is 83.0 Å². The van der Waals surface area contributed by atoms with Crippen LogP contribution in [0.15, 0.2) is 61.1 Å². The molecular formula is C24H20F3N5O2. The molecule has 3 heterocycles. The van der Waals surface area contributed by atoms with Gasteiger partial charge in [0.2, 0.25) is 11.8 Å². The normalized spacial score (nSPS) is 14.2. The number of H-pyrrole nitrogens is 1. The molecule has 1 aliphatic heterocycles. The zero-order chi connectivity index (χ0) is 23.9. The van der Waals surface area contributed by atoms with E-state index in [2.05, 4.69) is 15.4 Å². The Balaban J connectivity index is 1.36. The van der Waals surface area contributed by atoms with E-state index in [4.69, 9.17) is 0 Å². The van der Waals surface area contributed by atoms with Crippen molar-refractivity contribution in [2.75, 3.05) is 18.4 Å². The molecule has 0 unspecified atom stereocenters. The fraction of sp³-hybridized carbons (Fsp3) is 0.208. The first kappa shape index (κ1) is 21.7. The summed E-state index contributed by atoms with van der Waals surface area (Å²) in [5.74, 6) is -0.280. The third-order valence-corrected chi connectivity index (χ3v) is 5.84. The molecule has 2 aromatic carbocycles. The molecule has 34 heavy (non-hydrogen) atoms. The molecule has 1 saturated heterocycles. The minimum Gasteiger partial charge on any atom is -0.359 e. The maximum atomic E-state index is 12.8. The predicted molar refractivity (Wildman–Crippen MR) is 120 cm³/mol. The van der Waals surface area contributed by atoms with Crippen LogP contribution in [0.25, 0.3) is 27.7 Å². The molecule has 0 atom stereocenters. The molecular weight excluding hydrogens is 447 g/mol. The minimum absolute atomic E-state index is 0.0126. The lowest BCUT2D eigenvalue weighted by atomic mass is 10.1. The molecule has 2 aromatic heterocycles. The van der Waals surface area contributed by atoms with Gasteiger partial charge in [-0.2, -0.15) is 18.3 Å². The quantitative estimate of drug-likeness (QED) is 0.450. The molecule has 0 spiro atoms. The predicted octanol–water partition coefficient (Wildman–Crippen LogP) is 4.60. The van der Waals surface area contributed by atoms with Crippen LogP contribution in [0.4, 0.5) is 18.9 Å². The van der Waals surface area contributed by atoms with E-state index < -0.39 is 11.7 Å². The number of amides is 2. The van der Waals surface area contributed by atoms with Crippen LogP contribution in [0.2, 0.25) is 0 Å². The Hall–Kier alpha value is -4.08. The number of fused-ring (bicyclic) bond motifs is 1. The van der Waals surface area contributed by atoms with E-state index in [-0.39, 0.29) is 18.4 Å². The third kappa shape index (κ3) is 4.26. The molecule has 174 valence electrons. The zero-order valence-electron chi connectivity index (χ0n) is 17.9. The highest BCUT2D eigenvalue weighted by atomic mass is 19.4. The smallest absolute Gasteiger partial charge is 0.359 e. The second kappa shape index (κ2) is 8.36. The molecule has 7 nitrogen and oxygen atoms in total. The van der Waals surface area contributed by atoms with Gasteiger partial charge in [0.15, 0.2) is 0 Å². The Morgan fingerprint density at radius 2 is 1.91 bits per heavy atom. The van der Waals surface area contributed by atoms with Crippen LogP contribution < -0.4 is 5.32 Å². The number of nitrogens with one attached hydrogen (secondary N) is 2. The van der Waals surface area contributed by atoms with Crippen LogP contribution in [0, 0.1) is 0 Å². The summed E-state index contributed by atoms with van der Waals surface area (Å²) in [6.07, 6.45) is 1.91. The number of carbonyl (C=O) groups excluding carboxylic acids is 2. The van der Waals surface area contributed by atoms with Crippen molar-refractivity contribution in [2.24, 2.45) is 0 Å². The maximum Gasteiger partial charge on any atom is 0.416 e. The lowest BCUT2D eigenvalue weighted by molar-refractivity contribution is -0.137. The van der Waals surface area contributed by atoms with Gasteiger partial charge in [0.25, 0.3) is 0 Å². The van der Waals surface area contributed by atoms with Crippen molar-refractivity contribution < 1.29 is 22.8 Å². The van der Waals surface area contributed by atoms with Gasteiger partial charge in [-0.1, -0.05) is 6.07 Å². The fourth-order valence-corrected chi connectivity index (χ4v) is 4.05. The van der Waals surface area contributed by atoms with E-state index in [1.807, 2.05) is 18.2 Å². The van der Waals surface area contributed by atoms with Crippen LogP contribution in [0.3, 0.4) is 0 Å². The van der Waals surface area contributed by atoms with Crippen molar-refractivity contribution in [3.63, 3.8) is 0 Å². The van der Waals surface area contributed by atoms with Crippen molar-refractivity contribution in [3.8, 4) is 16.8 Å². The largest absolute Gasteiger partial charge is 0.416 e. The van der Waals surface area contributed by atoms with Gasteiger partial charge in [-0.15, -0.1) is 0 Å². The Bertz CT molecular complexity index is 1370. The number of hydrogen-bond donors (Lipinski definition) is 2. The summed E-state index contributed by atoms with van der Waals surface area (Å²) in [7, 11) is 0. The molecule has 0 aliphatic carbocycles. The molecule has 2 amide bonds. The summed E-state index contributed by atoms with van der Waals surface area (Å²) in [4.78, 5) is 28.9. The Morgan fingerprint density at radius 1 is 1.12 bits per heavy atom. The van der Waals surface area contributed by atoms with Gasteiger partial charge in [0.1, 0.15) is 0 Å². The second-order valence-corrected chi connectivity index (χ2v) is 8.15. The van der Waals surface area contributed by atoms with Gasteiger partial charge in [0, 0.05) is 41.8 Å². The molecule has 5 rings (SSSR count). The standard InChI is InChI=1S/C24H20F3N5O2/c25-24(26,27)17-4-6-18(7-5-17)32-13-16(11-29-32)15-3-8-20-19(10-15)21(12-28-20)30-22(33)14-31-9-1-2-23(31)34/h3-8,10-13,28H,1-2,9,14H2,(H,30,33). The number of benzene rings is 2. The third-order valence-electron chi connectivity index (χ3n) is 5.84. The van der Waals surface area contributed by atoms with E-state index in [0.717, 1.165) is 40.6 Å². The monoisotopic (exact) mass is 467 g/mol. The summed E-state index contributed by atoms with van der Waals surface area (Å²) < 4.78 is 39.9. The van der Waals surface area contributed by atoms with E-state index in [9.17, 15) is 22.8 Å². The van der Waals surface area contributed by atoms with E-state index in [1.54, 1.807) is 23.5 Å². The summed E-state index contributed by atoms with van der Waals surface area (Å²) in [6, 6.07) is 10.4. The van der Waals surface area contributed by atoms with Crippen molar-refractivity contribution in [1.82, 2.24) is 19.7 Å². The minimum atomic E-state index is -4.39. The molecule has 1 fully saturated rings. The second-order valence-electron chi connectivity index (χ2n) is 8.15. The van der Waals surface area contributed by atoms with E-state index in [1.165, 1.54) is 16.8 Å². The first-order valence-electron chi connectivity index (χ1n) is 10.7.